The minimum Gasteiger partial charge on any atom is -0.381 e. The lowest BCUT2D eigenvalue weighted by Gasteiger charge is -2.35. The molecule has 3 heterocycles. The van der Waals surface area contributed by atoms with Crippen molar-refractivity contribution in [1.29, 1.82) is 0 Å². The molecule has 1 fully saturated rings. The third kappa shape index (κ3) is 3.66. The van der Waals surface area contributed by atoms with Crippen LogP contribution in [0.5, 0.6) is 0 Å². The molecule has 1 aromatic carbocycles. The maximum atomic E-state index is 13.9. The summed E-state index contributed by atoms with van der Waals surface area (Å²) in [6.07, 6.45) is 1.70. The number of piperazine rings is 1. The van der Waals surface area contributed by atoms with Gasteiger partial charge < -0.3 is 10.6 Å². The standard InChI is InChI=1S/C19H20F2N6/c1-12-8-16-17(10-23-12)25-19(18(22)24-16)27-6-4-26(5-7-27)11-13-2-3-14(20)9-15(13)21/h2-3,8-10H,4-7,11H2,1H3,(H2,22,24). The number of anilines is 2. The maximum absolute atomic E-state index is 13.9. The molecule has 0 amide bonds. The van der Waals surface area contributed by atoms with E-state index in [9.17, 15) is 8.78 Å². The summed E-state index contributed by atoms with van der Waals surface area (Å²) in [6.45, 7) is 5.19. The van der Waals surface area contributed by atoms with Gasteiger partial charge in [0.1, 0.15) is 17.2 Å². The van der Waals surface area contributed by atoms with Gasteiger partial charge in [0.05, 0.1) is 11.7 Å². The van der Waals surface area contributed by atoms with E-state index in [1.54, 1.807) is 6.20 Å². The zero-order valence-electron chi connectivity index (χ0n) is 15.0. The highest BCUT2D eigenvalue weighted by atomic mass is 19.1. The molecule has 6 nitrogen and oxygen atoms in total. The minimum absolute atomic E-state index is 0.395. The minimum atomic E-state index is -0.559. The summed E-state index contributed by atoms with van der Waals surface area (Å²) in [5, 5.41) is 0. The summed E-state index contributed by atoms with van der Waals surface area (Å²) in [6, 6.07) is 5.57. The Kier molecular flexibility index (Phi) is 4.57. The summed E-state index contributed by atoms with van der Waals surface area (Å²) in [7, 11) is 0. The molecule has 8 heteroatoms. The Bertz CT molecular complexity index is 985. The van der Waals surface area contributed by atoms with Gasteiger partial charge in [-0.05, 0) is 19.1 Å². The van der Waals surface area contributed by atoms with Crippen LogP contribution in [-0.2, 0) is 6.54 Å². The molecule has 1 saturated heterocycles. The number of aromatic nitrogens is 3. The van der Waals surface area contributed by atoms with Crippen molar-refractivity contribution in [3.05, 3.63) is 53.4 Å². The van der Waals surface area contributed by atoms with Gasteiger partial charge in [0, 0.05) is 50.0 Å². The highest BCUT2D eigenvalue weighted by Gasteiger charge is 2.22. The third-order valence-corrected chi connectivity index (χ3v) is 4.78. The van der Waals surface area contributed by atoms with Crippen LogP contribution in [-0.4, -0.2) is 46.0 Å². The Morgan fingerprint density at radius 3 is 2.56 bits per heavy atom. The lowest BCUT2D eigenvalue weighted by atomic mass is 10.1. The van der Waals surface area contributed by atoms with Gasteiger partial charge in [-0.25, -0.2) is 18.7 Å². The Morgan fingerprint density at radius 1 is 1.04 bits per heavy atom. The van der Waals surface area contributed by atoms with Gasteiger partial charge >= 0.3 is 0 Å². The van der Waals surface area contributed by atoms with Gasteiger partial charge in [-0.3, -0.25) is 9.88 Å². The van der Waals surface area contributed by atoms with Crippen molar-refractivity contribution in [3.63, 3.8) is 0 Å². The summed E-state index contributed by atoms with van der Waals surface area (Å²) >= 11 is 0. The molecule has 1 aliphatic rings. The topological polar surface area (TPSA) is 71.2 Å². The van der Waals surface area contributed by atoms with Crippen LogP contribution >= 0.6 is 0 Å². The van der Waals surface area contributed by atoms with Crippen LogP contribution in [0.4, 0.5) is 20.4 Å². The monoisotopic (exact) mass is 370 g/mol. The molecule has 27 heavy (non-hydrogen) atoms. The SMILES string of the molecule is Cc1cc2nc(N)c(N3CCN(Cc4ccc(F)cc4F)CC3)nc2cn1. The lowest BCUT2D eigenvalue weighted by molar-refractivity contribution is 0.246. The highest BCUT2D eigenvalue weighted by molar-refractivity contribution is 5.79. The molecule has 0 aliphatic carbocycles. The van der Waals surface area contributed by atoms with Crippen LogP contribution in [0.3, 0.4) is 0 Å². The molecule has 0 unspecified atom stereocenters. The number of nitrogens with zero attached hydrogens (tertiary/aromatic N) is 5. The van der Waals surface area contributed by atoms with Gasteiger partial charge in [-0.15, -0.1) is 0 Å². The van der Waals surface area contributed by atoms with E-state index in [1.165, 1.54) is 12.1 Å². The summed E-state index contributed by atoms with van der Waals surface area (Å²) < 4.78 is 26.9. The molecule has 140 valence electrons. The zero-order chi connectivity index (χ0) is 19.0. The molecule has 0 saturated carbocycles. The smallest absolute Gasteiger partial charge is 0.172 e. The van der Waals surface area contributed by atoms with Crippen LogP contribution in [0.25, 0.3) is 11.0 Å². The van der Waals surface area contributed by atoms with Gasteiger partial charge in [-0.1, -0.05) is 6.07 Å². The van der Waals surface area contributed by atoms with E-state index in [2.05, 4.69) is 24.8 Å². The normalized spacial score (nSPS) is 15.4. The Hall–Kier alpha value is -2.87. The van der Waals surface area contributed by atoms with Crippen molar-refractivity contribution in [2.24, 2.45) is 0 Å². The molecule has 0 spiro atoms. The Balaban J connectivity index is 1.46. The third-order valence-electron chi connectivity index (χ3n) is 4.78. The first-order valence-electron chi connectivity index (χ1n) is 8.81. The van der Waals surface area contributed by atoms with E-state index in [0.717, 1.165) is 30.4 Å². The fourth-order valence-electron chi connectivity index (χ4n) is 3.31. The number of pyridine rings is 1. The van der Waals surface area contributed by atoms with Gasteiger partial charge in [0.2, 0.25) is 0 Å². The average Bonchev–Trinajstić information content (AvgIpc) is 2.64. The molecular formula is C19H20F2N6. The van der Waals surface area contributed by atoms with Crippen LogP contribution in [0.1, 0.15) is 11.3 Å². The number of hydrogen-bond donors (Lipinski definition) is 1. The van der Waals surface area contributed by atoms with Crippen molar-refractivity contribution >= 4 is 22.7 Å². The molecule has 2 aromatic heterocycles. The first kappa shape index (κ1) is 17.5. The number of aryl methyl sites for hydroxylation is 1. The average molecular weight is 370 g/mol. The summed E-state index contributed by atoms with van der Waals surface area (Å²) in [5.74, 6) is -0.0205. The highest BCUT2D eigenvalue weighted by Crippen LogP contribution is 2.24. The Labute approximate surface area is 155 Å². The predicted molar refractivity (Wildman–Crippen MR) is 100 cm³/mol. The van der Waals surface area contributed by atoms with Crippen molar-refractivity contribution in [2.75, 3.05) is 36.8 Å². The van der Waals surface area contributed by atoms with Crippen molar-refractivity contribution in [3.8, 4) is 0 Å². The number of benzene rings is 1. The Morgan fingerprint density at radius 2 is 1.81 bits per heavy atom. The van der Waals surface area contributed by atoms with Crippen molar-refractivity contribution in [2.45, 2.75) is 13.5 Å². The van der Waals surface area contributed by atoms with Crippen molar-refractivity contribution < 1.29 is 8.78 Å². The number of rotatable bonds is 3. The molecule has 4 rings (SSSR count). The van der Waals surface area contributed by atoms with E-state index < -0.39 is 11.6 Å². The molecular weight excluding hydrogens is 350 g/mol. The summed E-state index contributed by atoms with van der Waals surface area (Å²) in [5.41, 5.74) is 8.93. The van der Waals surface area contributed by atoms with E-state index in [4.69, 9.17) is 5.73 Å². The molecule has 2 N–H and O–H groups in total. The molecule has 1 aliphatic heterocycles. The zero-order valence-corrected chi connectivity index (χ0v) is 15.0. The number of halogens is 2. The van der Waals surface area contributed by atoms with Crippen LogP contribution < -0.4 is 10.6 Å². The molecule has 3 aromatic rings. The van der Waals surface area contributed by atoms with Gasteiger partial charge in [-0.2, -0.15) is 0 Å². The van der Waals surface area contributed by atoms with E-state index in [1.807, 2.05) is 13.0 Å². The molecule has 0 radical (unpaired) electrons. The lowest BCUT2D eigenvalue weighted by Crippen LogP contribution is -2.46. The number of nitrogen functional groups attached to an aromatic ring is 1. The van der Waals surface area contributed by atoms with E-state index >= 15 is 0 Å². The first-order chi connectivity index (χ1) is 13.0. The van der Waals surface area contributed by atoms with E-state index in [-0.39, 0.29) is 0 Å². The van der Waals surface area contributed by atoms with Crippen LogP contribution in [0.15, 0.2) is 30.5 Å². The molecule has 0 bridgehead atoms. The number of hydrogen-bond acceptors (Lipinski definition) is 6. The largest absolute Gasteiger partial charge is 0.381 e. The fourth-order valence-corrected chi connectivity index (χ4v) is 3.31. The first-order valence-corrected chi connectivity index (χ1v) is 8.81. The van der Waals surface area contributed by atoms with Crippen molar-refractivity contribution in [1.82, 2.24) is 19.9 Å². The maximum Gasteiger partial charge on any atom is 0.172 e. The van der Waals surface area contributed by atoms with Crippen LogP contribution in [0, 0.1) is 18.6 Å². The quantitative estimate of drug-likeness (QED) is 0.764. The van der Waals surface area contributed by atoms with Gasteiger partial charge in [0.15, 0.2) is 11.6 Å². The summed E-state index contributed by atoms with van der Waals surface area (Å²) in [4.78, 5) is 17.6. The second kappa shape index (κ2) is 7.03. The fraction of sp³-hybridized carbons (Fsp3) is 0.316. The van der Waals surface area contributed by atoms with E-state index in [0.29, 0.717) is 42.4 Å². The van der Waals surface area contributed by atoms with Gasteiger partial charge in [0.25, 0.3) is 0 Å². The number of fused-ring (bicyclic) bond motifs is 1. The number of nitrogens with two attached hydrogens (primary N) is 1. The predicted octanol–water partition coefficient (Wildman–Crippen LogP) is 2.52. The van der Waals surface area contributed by atoms with Crippen LogP contribution in [0.2, 0.25) is 0 Å². The second-order valence-electron chi connectivity index (χ2n) is 6.75. The molecule has 0 atom stereocenters. The second-order valence-corrected chi connectivity index (χ2v) is 6.75.